The summed E-state index contributed by atoms with van der Waals surface area (Å²) in [6, 6.07) is 6.36. The minimum Gasteiger partial charge on any atom is -0.497 e. The van der Waals surface area contributed by atoms with Gasteiger partial charge in [-0.05, 0) is 24.1 Å². The van der Waals surface area contributed by atoms with Crippen molar-refractivity contribution >= 4 is 11.6 Å². The first-order chi connectivity index (χ1) is 9.43. The minimum atomic E-state index is -0.931. The molecule has 0 aliphatic carbocycles. The van der Waals surface area contributed by atoms with E-state index in [2.05, 4.69) is 0 Å². The van der Waals surface area contributed by atoms with Gasteiger partial charge in [-0.25, -0.2) is 8.78 Å². The molecule has 0 radical (unpaired) electrons. The maximum atomic E-state index is 14.0. The highest BCUT2D eigenvalue weighted by Crippen LogP contribution is 2.30. The predicted molar refractivity (Wildman–Crippen MR) is 75.1 cm³/mol. The van der Waals surface area contributed by atoms with E-state index in [4.69, 9.17) is 22.1 Å². The lowest BCUT2D eigenvalue weighted by atomic mass is 9.97. The van der Waals surface area contributed by atoms with Crippen molar-refractivity contribution in [2.75, 3.05) is 7.11 Å². The fraction of sp³-hybridized carbons (Fsp3) is 0.200. The maximum absolute atomic E-state index is 14.0. The van der Waals surface area contributed by atoms with Crippen molar-refractivity contribution in [2.45, 2.75) is 13.0 Å². The number of benzene rings is 2. The van der Waals surface area contributed by atoms with E-state index in [1.807, 2.05) is 6.92 Å². The molecule has 1 atom stereocenters. The zero-order valence-electron chi connectivity index (χ0n) is 11.1. The van der Waals surface area contributed by atoms with Crippen LogP contribution in [0, 0.1) is 18.6 Å². The lowest BCUT2D eigenvalue weighted by Gasteiger charge is -2.16. The highest BCUT2D eigenvalue weighted by molar-refractivity contribution is 6.31. The van der Waals surface area contributed by atoms with E-state index in [1.54, 1.807) is 18.2 Å². The molecule has 0 saturated carbocycles. The summed E-state index contributed by atoms with van der Waals surface area (Å²) in [6.07, 6.45) is 0. The summed E-state index contributed by atoms with van der Waals surface area (Å²) in [5.41, 5.74) is 7.16. The van der Waals surface area contributed by atoms with Crippen LogP contribution in [0.4, 0.5) is 8.78 Å². The standard InChI is InChI=1S/C15H14ClF2NO/c1-8-3-4-9(5-11(8)16)15(19)14-12(17)6-10(20-2)7-13(14)18/h3-7,15H,19H2,1-2H3. The number of halogens is 3. The Kier molecular flexibility index (Phi) is 4.26. The van der Waals surface area contributed by atoms with Crippen LogP contribution >= 0.6 is 11.6 Å². The Morgan fingerprint density at radius 1 is 1.15 bits per heavy atom. The molecule has 0 aliphatic heterocycles. The molecule has 0 amide bonds. The number of hydrogen-bond donors (Lipinski definition) is 1. The van der Waals surface area contributed by atoms with Gasteiger partial charge in [0.2, 0.25) is 0 Å². The van der Waals surface area contributed by atoms with Gasteiger partial charge in [-0.2, -0.15) is 0 Å². The van der Waals surface area contributed by atoms with E-state index >= 15 is 0 Å². The maximum Gasteiger partial charge on any atom is 0.134 e. The first-order valence-electron chi connectivity index (χ1n) is 5.98. The summed E-state index contributed by atoms with van der Waals surface area (Å²) in [5, 5.41) is 0.507. The second kappa shape index (κ2) is 5.77. The van der Waals surface area contributed by atoms with E-state index in [0.717, 1.165) is 17.7 Å². The molecule has 0 bridgehead atoms. The summed E-state index contributed by atoms with van der Waals surface area (Å²) < 4.78 is 32.8. The van der Waals surface area contributed by atoms with Crippen LogP contribution in [0.1, 0.15) is 22.7 Å². The van der Waals surface area contributed by atoms with Crippen molar-refractivity contribution in [3.63, 3.8) is 0 Å². The molecular formula is C15H14ClF2NO. The van der Waals surface area contributed by atoms with Crippen LogP contribution in [0.5, 0.6) is 5.75 Å². The van der Waals surface area contributed by atoms with Gasteiger partial charge in [0.1, 0.15) is 17.4 Å². The molecule has 20 heavy (non-hydrogen) atoms. The molecule has 2 nitrogen and oxygen atoms in total. The Labute approximate surface area is 121 Å². The average molecular weight is 298 g/mol. The van der Waals surface area contributed by atoms with Crippen LogP contribution in [0.3, 0.4) is 0 Å². The molecule has 106 valence electrons. The van der Waals surface area contributed by atoms with Gasteiger partial charge in [-0.3, -0.25) is 0 Å². The number of hydrogen-bond acceptors (Lipinski definition) is 2. The highest BCUT2D eigenvalue weighted by Gasteiger charge is 2.20. The molecule has 0 saturated heterocycles. The van der Waals surface area contributed by atoms with Crippen molar-refractivity contribution in [1.29, 1.82) is 0 Å². The van der Waals surface area contributed by atoms with Crippen LogP contribution in [-0.2, 0) is 0 Å². The Morgan fingerprint density at radius 2 is 1.75 bits per heavy atom. The van der Waals surface area contributed by atoms with Crippen molar-refractivity contribution in [3.05, 3.63) is 63.7 Å². The summed E-state index contributed by atoms with van der Waals surface area (Å²) >= 11 is 6.01. The fourth-order valence-corrected chi connectivity index (χ4v) is 2.13. The number of methoxy groups -OCH3 is 1. The molecule has 0 spiro atoms. The van der Waals surface area contributed by atoms with E-state index in [9.17, 15) is 8.78 Å². The lowest BCUT2D eigenvalue weighted by molar-refractivity contribution is 0.404. The minimum absolute atomic E-state index is 0.109. The number of rotatable bonds is 3. The van der Waals surface area contributed by atoms with E-state index in [0.29, 0.717) is 10.6 Å². The molecule has 0 heterocycles. The zero-order chi connectivity index (χ0) is 14.9. The third kappa shape index (κ3) is 2.76. The number of nitrogens with two attached hydrogens (primary N) is 1. The van der Waals surface area contributed by atoms with Gasteiger partial charge >= 0.3 is 0 Å². The largest absolute Gasteiger partial charge is 0.497 e. The third-order valence-corrected chi connectivity index (χ3v) is 3.56. The molecule has 5 heteroatoms. The third-order valence-electron chi connectivity index (χ3n) is 3.15. The van der Waals surface area contributed by atoms with Crippen molar-refractivity contribution in [1.82, 2.24) is 0 Å². The van der Waals surface area contributed by atoms with Gasteiger partial charge < -0.3 is 10.5 Å². The molecule has 1 unspecified atom stereocenters. The van der Waals surface area contributed by atoms with Crippen LogP contribution < -0.4 is 10.5 Å². The average Bonchev–Trinajstić information content (AvgIpc) is 2.40. The number of aryl methyl sites for hydroxylation is 1. The van der Waals surface area contributed by atoms with Gasteiger partial charge in [0.15, 0.2) is 0 Å². The van der Waals surface area contributed by atoms with E-state index < -0.39 is 17.7 Å². The predicted octanol–water partition coefficient (Wildman–Crippen LogP) is 3.98. The van der Waals surface area contributed by atoms with Gasteiger partial charge in [0.25, 0.3) is 0 Å². The quantitative estimate of drug-likeness (QED) is 0.930. The molecule has 2 aromatic carbocycles. The van der Waals surface area contributed by atoms with Crippen molar-refractivity contribution in [3.8, 4) is 5.75 Å². The molecule has 0 fully saturated rings. The fourth-order valence-electron chi connectivity index (χ4n) is 1.95. The van der Waals surface area contributed by atoms with Gasteiger partial charge in [-0.15, -0.1) is 0 Å². The molecule has 2 rings (SSSR count). The summed E-state index contributed by atoms with van der Waals surface area (Å²) in [7, 11) is 1.34. The van der Waals surface area contributed by atoms with E-state index in [1.165, 1.54) is 7.11 Å². The summed E-state index contributed by atoms with van der Waals surface area (Å²) in [4.78, 5) is 0. The van der Waals surface area contributed by atoms with Crippen molar-refractivity contribution < 1.29 is 13.5 Å². The number of ether oxygens (including phenoxy) is 1. The summed E-state index contributed by atoms with van der Waals surface area (Å²) in [6.45, 7) is 1.84. The molecular weight excluding hydrogens is 284 g/mol. The van der Waals surface area contributed by atoms with Crippen LogP contribution in [-0.4, -0.2) is 7.11 Å². The van der Waals surface area contributed by atoms with Gasteiger partial charge in [0.05, 0.1) is 13.2 Å². The van der Waals surface area contributed by atoms with Gasteiger partial charge in [0, 0.05) is 22.7 Å². The van der Waals surface area contributed by atoms with Crippen LogP contribution in [0.15, 0.2) is 30.3 Å². The Morgan fingerprint density at radius 3 is 2.25 bits per heavy atom. The Balaban J connectivity index is 2.47. The zero-order valence-corrected chi connectivity index (χ0v) is 11.8. The van der Waals surface area contributed by atoms with Crippen LogP contribution in [0.2, 0.25) is 5.02 Å². The first kappa shape index (κ1) is 14.8. The van der Waals surface area contributed by atoms with Gasteiger partial charge in [-0.1, -0.05) is 23.7 Å². The second-order valence-electron chi connectivity index (χ2n) is 4.49. The normalized spacial score (nSPS) is 12.3. The second-order valence-corrected chi connectivity index (χ2v) is 4.90. The van der Waals surface area contributed by atoms with Crippen molar-refractivity contribution in [2.24, 2.45) is 5.73 Å². The Hall–Kier alpha value is -1.65. The topological polar surface area (TPSA) is 35.2 Å². The lowest BCUT2D eigenvalue weighted by Crippen LogP contribution is -2.16. The Bertz CT molecular complexity index is 623. The van der Waals surface area contributed by atoms with E-state index in [-0.39, 0.29) is 11.3 Å². The summed E-state index contributed by atoms with van der Waals surface area (Å²) in [5.74, 6) is -1.38. The molecule has 2 N–H and O–H groups in total. The molecule has 0 aliphatic rings. The first-order valence-corrected chi connectivity index (χ1v) is 6.36. The molecule has 2 aromatic rings. The smallest absolute Gasteiger partial charge is 0.134 e. The molecule has 0 aromatic heterocycles. The highest BCUT2D eigenvalue weighted by atomic mass is 35.5. The SMILES string of the molecule is COc1cc(F)c(C(N)c2ccc(C)c(Cl)c2)c(F)c1. The van der Waals surface area contributed by atoms with Crippen LogP contribution in [0.25, 0.3) is 0 Å². The monoisotopic (exact) mass is 297 g/mol.